The summed E-state index contributed by atoms with van der Waals surface area (Å²) < 4.78 is 39.1. The molecule has 0 atom stereocenters. The summed E-state index contributed by atoms with van der Waals surface area (Å²) in [6.45, 7) is 2.09. The average molecular weight is 483 g/mol. The average Bonchev–Trinajstić information content (AvgIpc) is 3.28. The van der Waals surface area contributed by atoms with Gasteiger partial charge >= 0.3 is 5.97 Å². The standard InChI is InChI=1S/C24H20F2N4O3S/c1-2-32-20(31)9-8-16-14-34-24(29-16)30-23-21(15-5-4-11-27-13-15)19(10-12-28-23)33-22-17(25)6-3-7-18(22)26/h3-7,10-14H,2,8-9H2,1H3,(H,28,29,30). The number of carbonyl (C=O) groups excluding carboxylic acids is 1. The number of benzene rings is 1. The minimum absolute atomic E-state index is 0.189. The van der Waals surface area contributed by atoms with Gasteiger partial charge in [0.05, 0.1) is 24.3 Å². The number of thiazole rings is 1. The van der Waals surface area contributed by atoms with Crippen molar-refractivity contribution < 1.29 is 23.0 Å². The van der Waals surface area contributed by atoms with Crippen LogP contribution in [0.25, 0.3) is 11.1 Å². The molecule has 3 heterocycles. The lowest BCUT2D eigenvalue weighted by Crippen LogP contribution is -2.05. The van der Waals surface area contributed by atoms with Crippen LogP contribution in [0.4, 0.5) is 19.7 Å². The summed E-state index contributed by atoms with van der Waals surface area (Å²) in [5.74, 6) is -1.89. The van der Waals surface area contributed by atoms with E-state index in [0.29, 0.717) is 35.1 Å². The molecule has 1 aromatic carbocycles. The molecule has 0 aliphatic heterocycles. The molecule has 7 nitrogen and oxygen atoms in total. The normalized spacial score (nSPS) is 10.7. The van der Waals surface area contributed by atoms with E-state index in [1.54, 1.807) is 31.5 Å². The monoisotopic (exact) mass is 482 g/mol. The number of anilines is 2. The molecule has 0 fully saturated rings. The van der Waals surface area contributed by atoms with Crippen LogP contribution in [-0.2, 0) is 16.0 Å². The molecule has 0 unspecified atom stereocenters. The predicted molar refractivity (Wildman–Crippen MR) is 124 cm³/mol. The van der Waals surface area contributed by atoms with Gasteiger partial charge in [-0.25, -0.2) is 18.7 Å². The maximum Gasteiger partial charge on any atom is 0.306 e. The number of nitrogens with zero attached hydrogens (tertiary/aromatic N) is 3. The van der Waals surface area contributed by atoms with Crippen molar-refractivity contribution in [2.24, 2.45) is 0 Å². The molecule has 3 aromatic heterocycles. The van der Waals surface area contributed by atoms with E-state index >= 15 is 0 Å². The maximum absolute atomic E-state index is 14.2. The molecule has 0 saturated heterocycles. The van der Waals surface area contributed by atoms with E-state index in [1.165, 1.54) is 29.7 Å². The molecular formula is C24H20F2N4O3S. The first-order chi connectivity index (χ1) is 16.5. The molecule has 0 aliphatic carbocycles. The first-order valence-corrected chi connectivity index (χ1v) is 11.3. The molecule has 174 valence electrons. The second kappa shape index (κ2) is 10.8. The number of rotatable bonds is 9. The Morgan fingerprint density at radius 3 is 2.68 bits per heavy atom. The van der Waals surface area contributed by atoms with E-state index in [0.717, 1.165) is 17.8 Å². The van der Waals surface area contributed by atoms with E-state index in [2.05, 4.69) is 20.3 Å². The van der Waals surface area contributed by atoms with Crippen LogP contribution in [0.2, 0.25) is 0 Å². The molecule has 1 N–H and O–H groups in total. The van der Waals surface area contributed by atoms with Gasteiger partial charge in [0, 0.05) is 36.0 Å². The van der Waals surface area contributed by atoms with Crippen LogP contribution in [0, 0.1) is 11.6 Å². The summed E-state index contributed by atoms with van der Waals surface area (Å²) in [6.07, 6.45) is 5.34. The SMILES string of the molecule is CCOC(=O)CCc1csc(Nc2nccc(Oc3c(F)cccc3F)c2-c2cccnc2)n1. The Hall–Kier alpha value is -3.92. The Balaban J connectivity index is 1.64. The number of ether oxygens (including phenoxy) is 2. The predicted octanol–water partition coefficient (Wildman–Crippen LogP) is 5.91. The summed E-state index contributed by atoms with van der Waals surface area (Å²) in [5.41, 5.74) is 1.81. The summed E-state index contributed by atoms with van der Waals surface area (Å²) in [6, 6.07) is 8.54. The highest BCUT2D eigenvalue weighted by Crippen LogP contribution is 2.40. The summed E-state index contributed by atoms with van der Waals surface area (Å²) in [7, 11) is 0. The molecule has 0 aliphatic rings. The second-order valence-corrected chi connectivity index (χ2v) is 7.86. The topological polar surface area (TPSA) is 86.2 Å². The van der Waals surface area contributed by atoms with Crippen LogP contribution in [0.5, 0.6) is 11.5 Å². The molecular weight excluding hydrogens is 462 g/mol. The van der Waals surface area contributed by atoms with Crippen molar-refractivity contribution in [1.82, 2.24) is 15.0 Å². The van der Waals surface area contributed by atoms with E-state index in [4.69, 9.17) is 9.47 Å². The van der Waals surface area contributed by atoms with Gasteiger partial charge in [-0.05, 0) is 31.2 Å². The van der Waals surface area contributed by atoms with Gasteiger partial charge < -0.3 is 14.8 Å². The van der Waals surface area contributed by atoms with Crippen molar-refractivity contribution in [3.05, 3.63) is 77.7 Å². The third-order valence-corrected chi connectivity index (χ3v) is 5.47. The van der Waals surface area contributed by atoms with Crippen molar-refractivity contribution in [3.63, 3.8) is 0 Å². The fourth-order valence-electron chi connectivity index (χ4n) is 3.15. The van der Waals surface area contributed by atoms with Crippen LogP contribution < -0.4 is 10.1 Å². The van der Waals surface area contributed by atoms with Crippen LogP contribution in [0.1, 0.15) is 19.0 Å². The van der Waals surface area contributed by atoms with E-state index in [1.807, 2.05) is 5.38 Å². The maximum atomic E-state index is 14.2. The quantitative estimate of drug-likeness (QED) is 0.297. The molecule has 34 heavy (non-hydrogen) atoms. The highest BCUT2D eigenvalue weighted by molar-refractivity contribution is 7.13. The third-order valence-electron chi connectivity index (χ3n) is 4.66. The Morgan fingerprint density at radius 1 is 1.12 bits per heavy atom. The second-order valence-electron chi connectivity index (χ2n) is 7.00. The van der Waals surface area contributed by atoms with Crippen LogP contribution >= 0.6 is 11.3 Å². The molecule has 0 amide bonds. The Labute approximate surface area is 198 Å². The molecule has 4 rings (SSSR count). The molecule has 0 bridgehead atoms. The lowest BCUT2D eigenvalue weighted by atomic mass is 10.1. The van der Waals surface area contributed by atoms with Crippen molar-refractivity contribution >= 4 is 28.3 Å². The number of aryl methyl sites for hydroxylation is 1. The number of nitrogens with one attached hydrogen (secondary N) is 1. The smallest absolute Gasteiger partial charge is 0.306 e. The van der Waals surface area contributed by atoms with E-state index < -0.39 is 17.4 Å². The van der Waals surface area contributed by atoms with E-state index in [9.17, 15) is 13.6 Å². The Morgan fingerprint density at radius 2 is 1.94 bits per heavy atom. The van der Waals surface area contributed by atoms with Gasteiger partial charge in [0.2, 0.25) is 0 Å². The lowest BCUT2D eigenvalue weighted by molar-refractivity contribution is -0.143. The number of pyridine rings is 2. The number of halogens is 2. The molecule has 4 aromatic rings. The molecule has 0 spiro atoms. The lowest BCUT2D eigenvalue weighted by Gasteiger charge is -2.15. The van der Waals surface area contributed by atoms with Crippen molar-refractivity contribution in [2.75, 3.05) is 11.9 Å². The first-order valence-electron chi connectivity index (χ1n) is 10.4. The van der Waals surface area contributed by atoms with Gasteiger partial charge in [-0.2, -0.15) is 0 Å². The zero-order chi connectivity index (χ0) is 23.9. The fraction of sp³-hybridized carbons (Fsp3) is 0.167. The third kappa shape index (κ3) is 5.52. The number of hydrogen-bond donors (Lipinski definition) is 1. The highest BCUT2D eigenvalue weighted by atomic mass is 32.1. The number of esters is 1. The van der Waals surface area contributed by atoms with Crippen molar-refractivity contribution in [1.29, 1.82) is 0 Å². The number of hydrogen-bond acceptors (Lipinski definition) is 8. The highest BCUT2D eigenvalue weighted by Gasteiger charge is 2.19. The number of para-hydroxylation sites is 1. The molecule has 0 radical (unpaired) electrons. The van der Waals surface area contributed by atoms with Gasteiger partial charge in [0.25, 0.3) is 0 Å². The van der Waals surface area contributed by atoms with Crippen LogP contribution in [-0.4, -0.2) is 27.5 Å². The summed E-state index contributed by atoms with van der Waals surface area (Å²) in [4.78, 5) is 24.6. The number of aromatic nitrogens is 3. The minimum Gasteiger partial charge on any atom is -0.466 e. The Bertz CT molecular complexity index is 1260. The van der Waals surface area contributed by atoms with Crippen LogP contribution in [0.3, 0.4) is 0 Å². The first kappa shape index (κ1) is 23.2. The minimum atomic E-state index is -0.824. The van der Waals surface area contributed by atoms with Gasteiger partial charge in [-0.15, -0.1) is 11.3 Å². The van der Waals surface area contributed by atoms with Crippen molar-refractivity contribution in [3.8, 4) is 22.6 Å². The van der Waals surface area contributed by atoms with Gasteiger partial charge in [0.15, 0.2) is 22.5 Å². The number of carbonyl (C=O) groups is 1. The van der Waals surface area contributed by atoms with Gasteiger partial charge in [0.1, 0.15) is 11.6 Å². The van der Waals surface area contributed by atoms with Crippen LogP contribution in [0.15, 0.2) is 60.4 Å². The van der Waals surface area contributed by atoms with Gasteiger partial charge in [-0.1, -0.05) is 12.1 Å². The van der Waals surface area contributed by atoms with Crippen molar-refractivity contribution in [2.45, 2.75) is 19.8 Å². The zero-order valence-electron chi connectivity index (χ0n) is 18.1. The largest absolute Gasteiger partial charge is 0.466 e. The zero-order valence-corrected chi connectivity index (χ0v) is 18.9. The molecule has 0 saturated carbocycles. The summed E-state index contributed by atoms with van der Waals surface area (Å²) >= 11 is 1.34. The van der Waals surface area contributed by atoms with Gasteiger partial charge in [-0.3, -0.25) is 9.78 Å². The summed E-state index contributed by atoms with van der Waals surface area (Å²) in [5, 5.41) is 5.51. The Kier molecular flexibility index (Phi) is 7.38. The molecule has 10 heteroatoms. The van der Waals surface area contributed by atoms with E-state index in [-0.39, 0.29) is 18.1 Å². The fourth-order valence-corrected chi connectivity index (χ4v) is 3.89.